The molecule has 1 aromatic rings. The van der Waals surface area contributed by atoms with Crippen LogP contribution < -0.4 is 0 Å². The van der Waals surface area contributed by atoms with Crippen LogP contribution in [0.5, 0.6) is 0 Å². The highest BCUT2D eigenvalue weighted by atomic mass is 16.2. The van der Waals surface area contributed by atoms with Crippen molar-refractivity contribution in [2.75, 3.05) is 27.7 Å². The summed E-state index contributed by atoms with van der Waals surface area (Å²) in [5, 5.41) is 4.31. The molecule has 0 saturated heterocycles. The van der Waals surface area contributed by atoms with Crippen LogP contribution in [0.3, 0.4) is 0 Å². The van der Waals surface area contributed by atoms with Crippen LogP contribution in [0, 0.1) is 0 Å². The van der Waals surface area contributed by atoms with E-state index in [-0.39, 0.29) is 5.91 Å². The summed E-state index contributed by atoms with van der Waals surface area (Å²) in [5.74, 6) is -0.0282. The van der Waals surface area contributed by atoms with E-state index < -0.39 is 0 Å². The average molecular weight is 238 g/mol. The van der Waals surface area contributed by atoms with Gasteiger partial charge in [0.05, 0.1) is 12.2 Å². The number of hydrogen-bond donors (Lipinski definition) is 0. The molecule has 0 unspecified atom stereocenters. The van der Waals surface area contributed by atoms with Gasteiger partial charge in [-0.05, 0) is 13.1 Å². The number of amides is 1. The van der Waals surface area contributed by atoms with E-state index in [4.69, 9.17) is 0 Å². The summed E-state index contributed by atoms with van der Waals surface area (Å²) in [6.07, 6.45) is 0. The van der Waals surface area contributed by atoms with E-state index in [2.05, 4.69) is 17.0 Å². The van der Waals surface area contributed by atoms with Gasteiger partial charge in [0.2, 0.25) is 0 Å². The Bertz CT molecular complexity index is 384. The maximum Gasteiger partial charge on any atom is 0.273 e. The Morgan fingerprint density at radius 3 is 2.59 bits per heavy atom. The van der Waals surface area contributed by atoms with Gasteiger partial charge in [-0.25, -0.2) is 0 Å². The fourth-order valence-corrected chi connectivity index (χ4v) is 1.73. The highest BCUT2D eigenvalue weighted by Crippen LogP contribution is 2.12. The van der Waals surface area contributed by atoms with Gasteiger partial charge >= 0.3 is 0 Å². The van der Waals surface area contributed by atoms with E-state index >= 15 is 0 Å². The quantitative estimate of drug-likeness (QED) is 0.734. The standard InChI is InChI=1S/C10H16N4O.C2H6/c1-12(2)10(15)9-6-8-7-13(3)4-5-14(8)11-9;1-2/h6H,4-5,7H2,1-3H3;1-2H3. The fourth-order valence-electron chi connectivity index (χ4n) is 1.73. The van der Waals surface area contributed by atoms with Crippen LogP contribution in [-0.2, 0) is 13.1 Å². The molecular weight excluding hydrogens is 216 g/mol. The number of nitrogens with zero attached hydrogens (tertiary/aromatic N) is 4. The third-order valence-corrected chi connectivity index (χ3v) is 2.61. The van der Waals surface area contributed by atoms with Crippen LogP contribution >= 0.6 is 0 Å². The fraction of sp³-hybridized carbons (Fsp3) is 0.667. The van der Waals surface area contributed by atoms with Gasteiger partial charge in [-0.2, -0.15) is 5.10 Å². The molecule has 0 atom stereocenters. The first-order valence-electron chi connectivity index (χ1n) is 6.05. The molecule has 2 rings (SSSR count). The van der Waals surface area contributed by atoms with Crippen LogP contribution in [0.2, 0.25) is 0 Å². The lowest BCUT2D eigenvalue weighted by Crippen LogP contribution is -2.30. The second-order valence-electron chi connectivity index (χ2n) is 4.18. The molecule has 0 aliphatic carbocycles. The van der Waals surface area contributed by atoms with Crippen molar-refractivity contribution in [1.82, 2.24) is 19.6 Å². The molecule has 0 spiro atoms. The lowest BCUT2D eigenvalue weighted by Gasteiger charge is -2.22. The van der Waals surface area contributed by atoms with Gasteiger partial charge < -0.3 is 4.90 Å². The molecule has 0 radical (unpaired) electrons. The second kappa shape index (κ2) is 5.82. The summed E-state index contributed by atoms with van der Waals surface area (Å²) < 4.78 is 1.93. The van der Waals surface area contributed by atoms with E-state index in [1.807, 2.05) is 24.6 Å². The zero-order valence-electron chi connectivity index (χ0n) is 11.4. The van der Waals surface area contributed by atoms with Crippen LogP contribution in [0.4, 0.5) is 0 Å². The Kier molecular flexibility index (Phi) is 4.69. The molecule has 5 nitrogen and oxygen atoms in total. The summed E-state index contributed by atoms with van der Waals surface area (Å²) in [6.45, 7) is 6.73. The monoisotopic (exact) mass is 238 g/mol. The first-order chi connectivity index (χ1) is 8.08. The van der Waals surface area contributed by atoms with Crippen LogP contribution in [0.1, 0.15) is 30.0 Å². The highest BCUT2D eigenvalue weighted by molar-refractivity contribution is 5.92. The molecule has 2 heterocycles. The Morgan fingerprint density at radius 1 is 1.35 bits per heavy atom. The van der Waals surface area contributed by atoms with Crippen molar-refractivity contribution in [3.05, 3.63) is 17.5 Å². The van der Waals surface area contributed by atoms with Gasteiger partial charge in [0.1, 0.15) is 0 Å². The predicted molar refractivity (Wildman–Crippen MR) is 67.9 cm³/mol. The van der Waals surface area contributed by atoms with Crippen molar-refractivity contribution in [3.8, 4) is 0 Å². The van der Waals surface area contributed by atoms with Crippen LogP contribution in [0.15, 0.2) is 6.07 Å². The summed E-state index contributed by atoms with van der Waals surface area (Å²) >= 11 is 0. The Hall–Kier alpha value is -1.36. The number of aromatic nitrogens is 2. The Morgan fingerprint density at radius 2 is 2.00 bits per heavy atom. The molecule has 0 saturated carbocycles. The number of fused-ring (bicyclic) bond motifs is 1. The first-order valence-corrected chi connectivity index (χ1v) is 6.05. The summed E-state index contributed by atoms with van der Waals surface area (Å²) in [7, 11) is 5.56. The Labute approximate surface area is 103 Å². The van der Waals surface area contributed by atoms with Gasteiger partial charge in [0, 0.05) is 27.2 Å². The minimum Gasteiger partial charge on any atom is -0.343 e. The van der Waals surface area contributed by atoms with Crippen molar-refractivity contribution < 1.29 is 4.79 Å². The molecule has 0 aromatic carbocycles. The van der Waals surface area contributed by atoms with Gasteiger partial charge in [-0.3, -0.25) is 14.4 Å². The normalized spacial score (nSPS) is 14.6. The van der Waals surface area contributed by atoms with E-state index in [0.29, 0.717) is 5.69 Å². The highest BCUT2D eigenvalue weighted by Gasteiger charge is 2.19. The van der Waals surface area contributed by atoms with Crippen molar-refractivity contribution in [1.29, 1.82) is 0 Å². The molecule has 96 valence electrons. The molecule has 1 aliphatic heterocycles. The number of hydrogen-bond acceptors (Lipinski definition) is 3. The topological polar surface area (TPSA) is 41.4 Å². The summed E-state index contributed by atoms with van der Waals surface area (Å²) in [6, 6.07) is 1.89. The maximum atomic E-state index is 11.7. The largest absolute Gasteiger partial charge is 0.343 e. The molecule has 5 heteroatoms. The van der Waals surface area contributed by atoms with E-state index in [9.17, 15) is 4.79 Å². The predicted octanol–water partition coefficient (Wildman–Crippen LogP) is 1.06. The minimum absolute atomic E-state index is 0.0282. The molecule has 1 aromatic heterocycles. The van der Waals surface area contributed by atoms with Crippen LogP contribution in [0.25, 0.3) is 0 Å². The zero-order valence-corrected chi connectivity index (χ0v) is 11.4. The molecule has 1 amide bonds. The van der Waals surface area contributed by atoms with Crippen molar-refractivity contribution >= 4 is 5.91 Å². The van der Waals surface area contributed by atoms with Crippen molar-refractivity contribution in [2.24, 2.45) is 0 Å². The molecule has 0 fully saturated rings. The molecule has 17 heavy (non-hydrogen) atoms. The third-order valence-electron chi connectivity index (χ3n) is 2.61. The number of likely N-dealkylation sites (N-methyl/N-ethyl adjacent to an activating group) is 1. The molecule has 1 aliphatic rings. The summed E-state index contributed by atoms with van der Waals surface area (Å²) in [4.78, 5) is 15.5. The second-order valence-corrected chi connectivity index (χ2v) is 4.18. The molecule has 0 bridgehead atoms. The van der Waals surface area contributed by atoms with Gasteiger partial charge in [-0.15, -0.1) is 0 Å². The van der Waals surface area contributed by atoms with Crippen LogP contribution in [-0.4, -0.2) is 53.2 Å². The third kappa shape index (κ3) is 3.06. The first kappa shape index (κ1) is 13.7. The smallest absolute Gasteiger partial charge is 0.273 e. The van der Waals surface area contributed by atoms with Crippen molar-refractivity contribution in [3.63, 3.8) is 0 Å². The zero-order chi connectivity index (χ0) is 13.0. The maximum absolute atomic E-state index is 11.7. The SMILES string of the molecule is CC.CN1CCn2nc(C(=O)N(C)C)cc2C1. The number of rotatable bonds is 1. The van der Waals surface area contributed by atoms with E-state index in [1.165, 1.54) is 0 Å². The van der Waals surface area contributed by atoms with Gasteiger partial charge in [0.15, 0.2) is 5.69 Å². The van der Waals surface area contributed by atoms with Gasteiger partial charge in [0.25, 0.3) is 5.91 Å². The molecule has 0 N–H and O–H groups in total. The number of carbonyl (C=O) groups excluding carboxylic acids is 1. The summed E-state index contributed by atoms with van der Waals surface area (Å²) in [5.41, 5.74) is 1.67. The minimum atomic E-state index is -0.0282. The Balaban J connectivity index is 0.000000686. The van der Waals surface area contributed by atoms with E-state index in [1.54, 1.807) is 19.0 Å². The lowest BCUT2D eigenvalue weighted by molar-refractivity contribution is 0.0821. The van der Waals surface area contributed by atoms with E-state index in [0.717, 1.165) is 25.3 Å². The van der Waals surface area contributed by atoms with Gasteiger partial charge in [-0.1, -0.05) is 13.8 Å². The molecular formula is C12H22N4O. The van der Waals surface area contributed by atoms with Crippen molar-refractivity contribution in [2.45, 2.75) is 26.9 Å². The average Bonchev–Trinajstić information content (AvgIpc) is 2.73. The lowest BCUT2D eigenvalue weighted by atomic mass is 10.3. The number of carbonyl (C=O) groups is 1.